The van der Waals surface area contributed by atoms with Gasteiger partial charge in [-0.2, -0.15) is 0 Å². The summed E-state index contributed by atoms with van der Waals surface area (Å²) in [5.41, 5.74) is 2.51. The van der Waals surface area contributed by atoms with E-state index < -0.39 is 0 Å². The highest BCUT2D eigenvalue weighted by atomic mass is 16.2. The van der Waals surface area contributed by atoms with Gasteiger partial charge in [0.05, 0.1) is 6.04 Å². The highest BCUT2D eigenvalue weighted by molar-refractivity contribution is 6.01. The Balaban J connectivity index is 1.32. The van der Waals surface area contributed by atoms with Gasteiger partial charge in [0.1, 0.15) is 6.54 Å². The van der Waals surface area contributed by atoms with Crippen LogP contribution in [-0.2, 0) is 9.59 Å². The molecule has 32 heavy (non-hydrogen) atoms. The van der Waals surface area contributed by atoms with Gasteiger partial charge in [0.25, 0.3) is 0 Å². The predicted molar refractivity (Wildman–Crippen MR) is 122 cm³/mol. The summed E-state index contributed by atoms with van der Waals surface area (Å²) < 4.78 is 0. The third-order valence-electron chi connectivity index (χ3n) is 6.27. The zero-order valence-corrected chi connectivity index (χ0v) is 18.5. The SMILES string of the molecule is CN1CC(=O)N(CCCC(=O)N2CCN(C(c3ccccc3)c3ccccc3)CC2)C1=O. The molecule has 2 saturated heterocycles. The number of carbonyl (C=O) groups excluding carboxylic acids is 3. The molecule has 0 atom stereocenters. The van der Waals surface area contributed by atoms with E-state index in [2.05, 4.69) is 53.4 Å². The number of likely N-dealkylation sites (N-methyl/N-ethyl adjacent to an activating group) is 1. The molecule has 0 unspecified atom stereocenters. The predicted octanol–water partition coefficient (Wildman–Crippen LogP) is 2.59. The van der Waals surface area contributed by atoms with E-state index in [1.807, 2.05) is 17.0 Å². The number of carbonyl (C=O) groups is 3. The summed E-state index contributed by atoms with van der Waals surface area (Å²) in [6.07, 6.45) is 0.850. The maximum absolute atomic E-state index is 12.7. The van der Waals surface area contributed by atoms with Gasteiger partial charge in [-0.05, 0) is 17.5 Å². The molecule has 0 bridgehead atoms. The van der Waals surface area contributed by atoms with Crippen molar-refractivity contribution in [2.45, 2.75) is 18.9 Å². The standard InChI is InChI=1S/C25H30N4O3/c1-26-19-23(31)29(25(26)32)14-8-13-22(30)27-15-17-28(18-16-27)24(20-9-4-2-5-10-20)21-11-6-3-7-12-21/h2-7,9-12,24H,8,13-19H2,1H3. The van der Waals surface area contributed by atoms with E-state index in [9.17, 15) is 14.4 Å². The topological polar surface area (TPSA) is 64.2 Å². The Labute approximate surface area is 189 Å². The molecule has 0 N–H and O–H groups in total. The smallest absolute Gasteiger partial charge is 0.326 e. The molecule has 0 radical (unpaired) electrons. The second-order valence-corrected chi connectivity index (χ2v) is 8.43. The maximum Gasteiger partial charge on any atom is 0.326 e. The van der Waals surface area contributed by atoms with Crippen molar-refractivity contribution in [2.24, 2.45) is 0 Å². The van der Waals surface area contributed by atoms with Gasteiger partial charge in [0.2, 0.25) is 11.8 Å². The average molecular weight is 435 g/mol. The number of piperazine rings is 1. The van der Waals surface area contributed by atoms with E-state index >= 15 is 0 Å². The molecule has 0 spiro atoms. The van der Waals surface area contributed by atoms with Crippen molar-refractivity contribution in [3.05, 3.63) is 71.8 Å². The Morgan fingerprint density at radius 1 is 0.875 bits per heavy atom. The van der Waals surface area contributed by atoms with Crippen molar-refractivity contribution < 1.29 is 14.4 Å². The second kappa shape index (κ2) is 9.96. The van der Waals surface area contributed by atoms with Crippen molar-refractivity contribution in [2.75, 3.05) is 46.3 Å². The number of benzene rings is 2. The van der Waals surface area contributed by atoms with Crippen LogP contribution in [0.5, 0.6) is 0 Å². The van der Waals surface area contributed by atoms with Crippen molar-refractivity contribution in [3.8, 4) is 0 Å². The zero-order valence-electron chi connectivity index (χ0n) is 18.5. The molecule has 7 heteroatoms. The molecule has 4 rings (SSSR count). The summed E-state index contributed by atoms with van der Waals surface area (Å²) in [7, 11) is 1.61. The monoisotopic (exact) mass is 434 g/mol. The Morgan fingerprint density at radius 2 is 1.44 bits per heavy atom. The summed E-state index contributed by atoms with van der Waals surface area (Å²) in [5.74, 6) is -0.0977. The summed E-state index contributed by atoms with van der Waals surface area (Å²) in [6.45, 7) is 3.39. The van der Waals surface area contributed by atoms with E-state index in [0.29, 0.717) is 32.5 Å². The molecule has 4 amide bonds. The maximum atomic E-state index is 12.7. The molecule has 2 aromatic rings. The number of rotatable bonds is 7. The van der Waals surface area contributed by atoms with Gasteiger partial charge in [0, 0.05) is 46.2 Å². The minimum Gasteiger partial charge on any atom is -0.340 e. The van der Waals surface area contributed by atoms with E-state index in [4.69, 9.17) is 0 Å². The average Bonchev–Trinajstić information content (AvgIpc) is 3.07. The Bertz CT molecular complexity index is 903. The lowest BCUT2D eigenvalue weighted by Crippen LogP contribution is -2.50. The van der Waals surface area contributed by atoms with Crippen LogP contribution in [0, 0.1) is 0 Å². The van der Waals surface area contributed by atoms with Gasteiger partial charge in [-0.25, -0.2) is 4.79 Å². The van der Waals surface area contributed by atoms with Gasteiger partial charge >= 0.3 is 6.03 Å². The van der Waals surface area contributed by atoms with Gasteiger partial charge < -0.3 is 9.80 Å². The van der Waals surface area contributed by atoms with Crippen LogP contribution < -0.4 is 0 Å². The van der Waals surface area contributed by atoms with Crippen LogP contribution in [-0.4, -0.2) is 83.8 Å². The van der Waals surface area contributed by atoms with Crippen molar-refractivity contribution in [1.29, 1.82) is 0 Å². The summed E-state index contributed by atoms with van der Waals surface area (Å²) in [4.78, 5) is 43.5. The zero-order chi connectivity index (χ0) is 22.5. The molecule has 0 aliphatic carbocycles. The van der Waals surface area contributed by atoms with E-state index in [0.717, 1.165) is 13.1 Å². The molecule has 7 nitrogen and oxygen atoms in total. The van der Waals surface area contributed by atoms with Crippen LogP contribution >= 0.6 is 0 Å². The molecule has 2 fully saturated rings. The molecule has 2 aliphatic rings. The van der Waals surface area contributed by atoms with E-state index in [-0.39, 0.29) is 30.4 Å². The molecule has 2 aromatic carbocycles. The highest BCUT2D eigenvalue weighted by Gasteiger charge is 2.33. The van der Waals surface area contributed by atoms with Gasteiger partial charge in [-0.3, -0.25) is 19.4 Å². The Kier molecular flexibility index (Phi) is 6.85. The summed E-state index contributed by atoms with van der Waals surface area (Å²) in [5, 5.41) is 0. The van der Waals surface area contributed by atoms with Gasteiger partial charge in [-0.15, -0.1) is 0 Å². The third-order valence-corrected chi connectivity index (χ3v) is 6.27. The number of imide groups is 1. The van der Waals surface area contributed by atoms with Gasteiger partial charge in [0.15, 0.2) is 0 Å². The number of urea groups is 1. The number of nitrogens with zero attached hydrogens (tertiary/aromatic N) is 4. The first kappa shape index (κ1) is 22.0. The number of hydrogen-bond donors (Lipinski definition) is 0. The molecule has 0 saturated carbocycles. The molecular formula is C25H30N4O3. The van der Waals surface area contributed by atoms with Crippen LogP contribution in [0.25, 0.3) is 0 Å². The number of amides is 4. The molecule has 168 valence electrons. The van der Waals surface area contributed by atoms with Crippen LogP contribution in [0.4, 0.5) is 4.79 Å². The largest absolute Gasteiger partial charge is 0.340 e. The third kappa shape index (κ3) is 4.83. The lowest BCUT2D eigenvalue weighted by molar-refractivity contribution is -0.133. The lowest BCUT2D eigenvalue weighted by Gasteiger charge is -2.40. The van der Waals surface area contributed by atoms with Gasteiger partial charge in [-0.1, -0.05) is 60.7 Å². The van der Waals surface area contributed by atoms with E-state index in [1.54, 1.807) is 7.05 Å². The van der Waals surface area contributed by atoms with Crippen LogP contribution in [0.15, 0.2) is 60.7 Å². The number of hydrogen-bond acceptors (Lipinski definition) is 4. The lowest BCUT2D eigenvalue weighted by atomic mass is 9.96. The normalized spacial score (nSPS) is 17.5. The van der Waals surface area contributed by atoms with E-state index in [1.165, 1.54) is 20.9 Å². The van der Waals surface area contributed by atoms with Crippen LogP contribution in [0.1, 0.15) is 30.0 Å². The molecule has 0 aromatic heterocycles. The van der Waals surface area contributed by atoms with Crippen LogP contribution in [0.2, 0.25) is 0 Å². The molecule has 2 aliphatic heterocycles. The minimum atomic E-state index is -0.274. The summed E-state index contributed by atoms with van der Waals surface area (Å²) >= 11 is 0. The Hall–Kier alpha value is -3.19. The first-order valence-electron chi connectivity index (χ1n) is 11.2. The van der Waals surface area contributed by atoms with Crippen LogP contribution in [0.3, 0.4) is 0 Å². The first-order valence-corrected chi connectivity index (χ1v) is 11.2. The Morgan fingerprint density at radius 3 is 1.94 bits per heavy atom. The second-order valence-electron chi connectivity index (χ2n) is 8.43. The molecule has 2 heterocycles. The fourth-order valence-corrected chi connectivity index (χ4v) is 4.55. The van der Waals surface area contributed by atoms with Crippen molar-refractivity contribution in [3.63, 3.8) is 0 Å². The highest BCUT2D eigenvalue weighted by Crippen LogP contribution is 2.29. The molecular weight excluding hydrogens is 404 g/mol. The fourth-order valence-electron chi connectivity index (χ4n) is 4.55. The van der Waals surface area contributed by atoms with Crippen molar-refractivity contribution in [1.82, 2.24) is 19.6 Å². The quantitative estimate of drug-likeness (QED) is 0.629. The van der Waals surface area contributed by atoms with Crippen molar-refractivity contribution >= 4 is 17.8 Å². The fraction of sp³-hybridized carbons (Fsp3) is 0.400. The summed E-state index contributed by atoms with van der Waals surface area (Å²) in [6, 6.07) is 20.9. The minimum absolute atomic E-state index is 0.0908. The first-order chi connectivity index (χ1) is 15.5.